The Balaban J connectivity index is 2.35. The van der Waals surface area contributed by atoms with E-state index >= 15 is 0 Å². The summed E-state index contributed by atoms with van der Waals surface area (Å²) in [6.07, 6.45) is 0.660. The fourth-order valence-corrected chi connectivity index (χ4v) is 3.02. The van der Waals surface area contributed by atoms with Gasteiger partial charge in [-0.3, -0.25) is 9.36 Å². The summed E-state index contributed by atoms with van der Waals surface area (Å²) in [6.45, 7) is 8.78. The number of aromatic nitrogens is 3. The van der Waals surface area contributed by atoms with Gasteiger partial charge in [-0.2, -0.15) is 0 Å². The van der Waals surface area contributed by atoms with Crippen molar-refractivity contribution in [3.05, 3.63) is 43.5 Å². The zero-order valence-electron chi connectivity index (χ0n) is 12.1. The van der Waals surface area contributed by atoms with Gasteiger partial charge < -0.3 is 0 Å². The maximum Gasteiger partial charge on any atom is 0.255 e. The summed E-state index contributed by atoms with van der Waals surface area (Å²) in [5, 5.41) is 3.21. The minimum Gasteiger partial charge on any atom is -0.290 e. The van der Waals surface area contributed by atoms with Crippen LogP contribution in [0.25, 0.3) is 0 Å². The van der Waals surface area contributed by atoms with E-state index in [9.17, 15) is 4.79 Å². The molecule has 0 aromatic carbocycles. The van der Waals surface area contributed by atoms with Gasteiger partial charge in [-0.25, -0.2) is 9.97 Å². The van der Waals surface area contributed by atoms with Gasteiger partial charge in [0, 0.05) is 23.3 Å². The molecule has 6 heteroatoms. The second kappa shape index (κ2) is 5.66. The molecule has 0 unspecified atom stereocenters. The lowest BCUT2D eigenvalue weighted by molar-refractivity contribution is 0.568. The average Bonchev–Trinajstić information content (AvgIpc) is 2.80. The third-order valence-electron chi connectivity index (χ3n) is 2.99. The maximum absolute atomic E-state index is 12.0. The largest absolute Gasteiger partial charge is 0.290 e. The highest BCUT2D eigenvalue weighted by Gasteiger charge is 2.18. The molecule has 108 valence electrons. The monoisotopic (exact) mass is 311 g/mol. The fraction of sp³-hybridized carbons (Fsp3) is 0.500. The first-order chi connectivity index (χ1) is 9.31. The molecule has 0 amide bonds. The Hall–Kier alpha value is -1.20. The van der Waals surface area contributed by atoms with Gasteiger partial charge in [-0.1, -0.05) is 39.3 Å². The number of rotatable bonds is 3. The van der Waals surface area contributed by atoms with Crippen LogP contribution in [0.3, 0.4) is 0 Å². The van der Waals surface area contributed by atoms with Crippen molar-refractivity contribution in [2.45, 2.75) is 46.1 Å². The lowest BCUT2D eigenvalue weighted by Gasteiger charge is -2.14. The van der Waals surface area contributed by atoms with E-state index < -0.39 is 0 Å². The third-order valence-corrected chi connectivity index (χ3v) is 4.01. The van der Waals surface area contributed by atoms with Gasteiger partial charge in [0.2, 0.25) is 0 Å². The molecule has 20 heavy (non-hydrogen) atoms. The van der Waals surface area contributed by atoms with Crippen molar-refractivity contribution in [3.8, 4) is 0 Å². The molecule has 0 fully saturated rings. The van der Waals surface area contributed by atoms with E-state index in [1.165, 1.54) is 6.07 Å². The molecular formula is C14H18ClN3OS. The highest BCUT2D eigenvalue weighted by molar-refractivity contribution is 7.09. The molecule has 2 rings (SSSR count). The second-order valence-corrected chi connectivity index (χ2v) is 6.98. The van der Waals surface area contributed by atoms with Crippen LogP contribution in [-0.2, 0) is 18.4 Å². The van der Waals surface area contributed by atoms with Crippen LogP contribution < -0.4 is 5.56 Å². The first-order valence-corrected chi connectivity index (χ1v) is 7.78. The molecule has 0 aliphatic heterocycles. The van der Waals surface area contributed by atoms with Crippen molar-refractivity contribution in [1.29, 1.82) is 0 Å². The Morgan fingerprint density at radius 1 is 1.35 bits per heavy atom. The minimum atomic E-state index is -0.130. The molecule has 0 saturated heterocycles. The van der Waals surface area contributed by atoms with Gasteiger partial charge in [0.05, 0.1) is 12.2 Å². The molecule has 0 saturated carbocycles. The summed E-state index contributed by atoms with van der Waals surface area (Å²) in [6, 6.07) is 1.35. The van der Waals surface area contributed by atoms with Crippen LogP contribution in [0.1, 0.15) is 44.2 Å². The van der Waals surface area contributed by atoms with Crippen LogP contribution in [0.5, 0.6) is 0 Å². The fourth-order valence-electron chi connectivity index (χ4n) is 1.83. The van der Waals surface area contributed by atoms with Gasteiger partial charge in [-0.15, -0.1) is 11.3 Å². The van der Waals surface area contributed by atoms with Crippen molar-refractivity contribution in [3.63, 3.8) is 0 Å². The van der Waals surface area contributed by atoms with Gasteiger partial charge in [0.15, 0.2) is 0 Å². The van der Waals surface area contributed by atoms with Crippen molar-refractivity contribution in [1.82, 2.24) is 14.5 Å². The molecule has 2 heterocycles. The highest BCUT2D eigenvalue weighted by atomic mass is 35.5. The molecule has 0 N–H and O–H groups in total. The van der Waals surface area contributed by atoms with Crippen LogP contribution in [-0.4, -0.2) is 14.5 Å². The molecule has 0 radical (unpaired) electrons. The van der Waals surface area contributed by atoms with Crippen molar-refractivity contribution < 1.29 is 0 Å². The number of thiazole rings is 1. The summed E-state index contributed by atoms with van der Waals surface area (Å²) < 4.78 is 1.64. The SMILES string of the molecule is CCc1nc(Cl)cc(=O)n1Cc1nc(C(C)(C)C)cs1. The van der Waals surface area contributed by atoms with E-state index in [0.717, 1.165) is 10.7 Å². The first-order valence-electron chi connectivity index (χ1n) is 6.52. The Kier molecular flexibility index (Phi) is 4.30. The summed E-state index contributed by atoms with van der Waals surface area (Å²) in [7, 11) is 0. The molecule has 0 atom stereocenters. The lowest BCUT2D eigenvalue weighted by atomic mass is 9.93. The molecule has 0 bridgehead atoms. The van der Waals surface area contributed by atoms with E-state index in [-0.39, 0.29) is 16.1 Å². The number of hydrogen-bond acceptors (Lipinski definition) is 4. The Morgan fingerprint density at radius 3 is 2.60 bits per heavy atom. The van der Waals surface area contributed by atoms with Crippen LogP contribution in [0.15, 0.2) is 16.2 Å². The maximum atomic E-state index is 12.0. The van der Waals surface area contributed by atoms with Gasteiger partial charge in [0.25, 0.3) is 5.56 Å². The van der Waals surface area contributed by atoms with Crippen LogP contribution in [0, 0.1) is 0 Å². The molecule has 4 nitrogen and oxygen atoms in total. The van der Waals surface area contributed by atoms with E-state index in [1.807, 2.05) is 6.92 Å². The van der Waals surface area contributed by atoms with Crippen molar-refractivity contribution >= 4 is 22.9 Å². The van der Waals surface area contributed by atoms with E-state index in [0.29, 0.717) is 18.8 Å². The smallest absolute Gasteiger partial charge is 0.255 e. The quantitative estimate of drug-likeness (QED) is 0.817. The van der Waals surface area contributed by atoms with Crippen LogP contribution >= 0.6 is 22.9 Å². The summed E-state index contributed by atoms with van der Waals surface area (Å²) in [5.74, 6) is 0.690. The molecule has 2 aromatic rings. The van der Waals surface area contributed by atoms with E-state index in [2.05, 4.69) is 36.1 Å². The highest BCUT2D eigenvalue weighted by Crippen LogP contribution is 2.24. The average molecular weight is 312 g/mol. The number of halogens is 1. The number of aryl methyl sites for hydroxylation is 1. The normalized spacial score (nSPS) is 11.8. The predicted molar refractivity (Wildman–Crippen MR) is 82.8 cm³/mol. The summed E-state index contributed by atoms with van der Waals surface area (Å²) >= 11 is 7.40. The van der Waals surface area contributed by atoms with E-state index in [1.54, 1.807) is 15.9 Å². The Labute approximate surface area is 127 Å². The van der Waals surface area contributed by atoms with Crippen LogP contribution in [0.4, 0.5) is 0 Å². The standard InChI is InChI=1S/C14H18ClN3OS/c1-5-11-17-10(15)6-13(19)18(11)7-12-16-9(8-20-12)14(2,3)4/h6,8H,5,7H2,1-4H3. The third kappa shape index (κ3) is 3.27. The molecule has 2 aromatic heterocycles. The molecular weight excluding hydrogens is 294 g/mol. The zero-order valence-corrected chi connectivity index (χ0v) is 13.7. The molecule has 0 aliphatic rings. The Morgan fingerprint density at radius 2 is 2.05 bits per heavy atom. The van der Waals surface area contributed by atoms with Crippen molar-refractivity contribution in [2.24, 2.45) is 0 Å². The lowest BCUT2D eigenvalue weighted by Crippen LogP contribution is -2.25. The summed E-state index contributed by atoms with van der Waals surface area (Å²) in [5.41, 5.74) is 0.936. The predicted octanol–water partition coefficient (Wildman–Crippen LogP) is 3.26. The van der Waals surface area contributed by atoms with Gasteiger partial charge in [-0.05, 0) is 0 Å². The minimum absolute atomic E-state index is 0.0194. The van der Waals surface area contributed by atoms with Gasteiger partial charge in [0.1, 0.15) is 16.0 Å². The topological polar surface area (TPSA) is 47.8 Å². The van der Waals surface area contributed by atoms with Crippen molar-refractivity contribution in [2.75, 3.05) is 0 Å². The zero-order chi connectivity index (χ0) is 14.9. The molecule has 0 spiro atoms. The number of nitrogens with zero attached hydrogens (tertiary/aromatic N) is 3. The Bertz CT molecular complexity index is 670. The first kappa shape index (κ1) is 15.2. The van der Waals surface area contributed by atoms with Gasteiger partial charge >= 0.3 is 0 Å². The molecule has 0 aliphatic carbocycles. The number of hydrogen-bond donors (Lipinski definition) is 0. The summed E-state index contributed by atoms with van der Waals surface area (Å²) in [4.78, 5) is 20.9. The van der Waals surface area contributed by atoms with Crippen LogP contribution in [0.2, 0.25) is 5.15 Å². The van der Waals surface area contributed by atoms with E-state index in [4.69, 9.17) is 11.6 Å². The second-order valence-electron chi connectivity index (χ2n) is 5.65.